The summed E-state index contributed by atoms with van der Waals surface area (Å²) >= 11 is 0. The van der Waals surface area contributed by atoms with Crippen molar-refractivity contribution in [1.82, 2.24) is 29.9 Å². The van der Waals surface area contributed by atoms with E-state index in [1.54, 1.807) is 32.7 Å². The van der Waals surface area contributed by atoms with E-state index in [0.717, 1.165) is 48.0 Å². The van der Waals surface area contributed by atoms with Crippen LogP contribution in [0.5, 0.6) is 0 Å². The number of fused-ring (bicyclic) bond motifs is 1. The number of hydrogen-bond donors (Lipinski definition) is 3. The highest BCUT2D eigenvalue weighted by Gasteiger charge is 2.26. The Hall–Kier alpha value is -3.11. The molecule has 3 aromatic heterocycles. The summed E-state index contributed by atoms with van der Waals surface area (Å²) in [5, 5.41) is 20.5. The number of aliphatic hydroxyl groups excluding tert-OH is 1. The highest BCUT2D eigenvalue weighted by atomic mass is 16.5. The third-order valence-electron chi connectivity index (χ3n) is 5.84. The molecule has 0 saturated heterocycles. The predicted octanol–water partition coefficient (Wildman–Crippen LogP) is 2.01. The molecular weight excluding hydrogens is 410 g/mol. The number of ether oxygens (including phenoxy) is 1. The number of amides is 1. The van der Waals surface area contributed by atoms with Crippen LogP contribution >= 0.6 is 0 Å². The third kappa shape index (κ3) is 4.56. The van der Waals surface area contributed by atoms with Crippen LogP contribution in [-0.2, 0) is 4.74 Å². The van der Waals surface area contributed by atoms with E-state index in [0.29, 0.717) is 12.6 Å². The molecule has 0 radical (unpaired) electrons. The lowest BCUT2D eigenvalue weighted by atomic mass is 9.85. The zero-order valence-electron chi connectivity index (χ0n) is 18.6. The molecule has 1 fully saturated rings. The van der Waals surface area contributed by atoms with Gasteiger partial charge in [-0.1, -0.05) is 0 Å². The summed E-state index contributed by atoms with van der Waals surface area (Å²) in [5.41, 5.74) is 3.61. The zero-order valence-corrected chi connectivity index (χ0v) is 18.6. The van der Waals surface area contributed by atoms with E-state index < -0.39 is 0 Å². The van der Waals surface area contributed by atoms with Crippen LogP contribution in [0.1, 0.15) is 54.8 Å². The van der Waals surface area contributed by atoms with Gasteiger partial charge in [-0.25, -0.2) is 19.5 Å². The monoisotopic (exact) mass is 439 g/mol. The number of aliphatic hydroxyl groups is 1. The van der Waals surface area contributed by atoms with E-state index in [1.165, 1.54) is 0 Å². The van der Waals surface area contributed by atoms with Crippen molar-refractivity contribution in [2.75, 3.05) is 26.1 Å². The molecule has 10 heteroatoms. The number of rotatable bonds is 7. The average Bonchev–Trinajstić information content (AvgIpc) is 3.18. The van der Waals surface area contributed by atoms with Gasteiger partial charge in [-0.2, -0.15) is 0 Å². The van der Waals surface area contributed by atoms with E-state index >= 15 is 0 Å². The van der Waals surface area contributed by atoms with Crippen LogP contribution in [0, 0.1) is 0 Å². The first-order chi connectivity index (χ1) is 15.5. The highest BCUT2D eigenvalue weighted by Crippen LogP contribution is 2.37. The van der Waals surface area contributed by atoms with E-state index in [2.05, 4.69) is 31.7 Å². The predicted molar refractivity (Wildman–Crippen MR) is 120 cm³/mol. The maximum absolute atomic E-state index is 11.8. The molecule has 10 nitrogen and oxygen atoms in total. The van der Waals surface area contributed by atoms with Crippen molar-refractivity contribution in [3.8, 4) is 11.1 Å². The molecule has 0 spiro atoms. The van der Waals surface area contributed by atoms with Gasteiger partial charge >= 0.3 is 0 Å². The van der Waals surface area contributed by atoms with Crippen molar-refractivity contribution in [2.24, 2.45) is 0 Å². The van der Waals surface area contributed by atoms with Gasteiger partial charge in [0.1, 0.15) is 0 Å². The van der Waals surface area contributed by atoms with Crippen molar-refractivity contribution in [3.05, 3.63) is 36.2 Å². The summed E-state index contributed by atoms with van der Waals surface area (Å²) in [5.74, 6) is 0.595. The quantitative estimate of drug-likeness (QED) is 0.510. The lowest BCUT2D eigenvalue weighted by Crippen LogP contribution is -2.23. The summed E-state index contributed by atoms with van der Waals surface area (Å²) in [6, 6.07) is 2.17. The summed E-state index contributed by atoms with van der Waals surface area (Å²) in [6.45, 7) is 2.55. The first kappa shape index (κ1) is 22.1. The second-order valence-electron chi connectivity index (χ2n) is 8.24. The number of hydrogen-bond acceptors (Lipinski definition) is 8. The fraction of sp³-hybridized carbons (Fsp3) is 0.500. The highest BCUT2D eigenvalue weighted by molar-refractivity contribution is 5.90. The van der Waals surface area contributed by atoms with Crippen LogP contribution in [0.15, 0.2) is 24.7 Å². The number of nitrogens with zero attached hydrogens (tertiary/aromatic N) is 5. The van der Waals surface area contributed by atoms with E-state index in [1.807, 2.05) is 11.4 Å². The van der Waals surface area contributed by atoms with Crippen molar-refractivity contribution >= 4 is 17.4 Å². The van der Waals surface area contributed by atoms with Crippen LogP contribution in [0.3, 0.4) is 0 Å². The summed E-state index contributed by atoms with van der Waals surface area (Å²) in [7, 11) is 3.21. The molecule has 1 saturated carbocycles. The first-order valence-corrected chi connectivity index (χ1v) is 10.9. The molecule has 4 rings (SSSR count). The lowest BCUT2D eigenvalue weighted by molar-refractivity contribution is 0.0952. The number of anilines is 1. The Kier molecular flexibility index (Phi) is 6.61. The van der Waals surface area contributed by atoms with E-state index in [4.69, 9.17) is 9.84 Å². The first-order valence-electron chi connectivity index (χ1n) is 10.9. The Morgan fingerprint density at radius 1 is 1.22 bits per heavy atom. The minimum Gasteiger partial charge on any atom is -0.393 e. The molecule has 1 atom stereocenters. The molecule has 1 amide bonds. The van der Waals surface area contributed by atoms with Gasteiger partial charge in [0, 0.05) is 55.3 Å². The maximum Gasteiger partial charge on any atom is 0.288 e. The number of carbonyl (C=O) groups excluding carboxylic acids is 1. The fourth-order valence-electron chi connectivity index (χ4n) is 4.18. The van der Waals surface area contributed by atoms with Crippen molar-refractivity contribution in [1.29, 1.82) is 0 Å². The molecule has 0 bridgehead atoms. The molecule has 3 N–H and O–H groups in total. The molecule has 0 unspecified atom stereocenters. The molecule has 32 heavy (non-hydrogen) atoms. The van der Waals surface area contributed by atoms with Crippen molar-refractivity contribution in [3.63, 3.8) is 0 Å². The van der Waals surface area contributed by atoms with Gasteiger partial charge in [-0.3, -0.25) is 4.79 Å². The molecule has 170 valence electrons. The molecule has 3 aromatic rings. The molecule has 1 aliphatic carbocycles. The van der Waals surface area contributed by atoms with E-state index in [-0.39, 0.29) is 29.8 Å². The van der Waals surface area contributed by atoms with Crippen molar-refractivity contribution < 1.29 is 14.6 Å². The number of carbonyl (C=O) groups is 1. The smallest absolute Gasteiger partial charge is 0.288 e. The Balaban J connectivity index is 1.75. The molecular formula is C22H29N7O3. The van der Waals surface area contributed by atoms with Crippen LogP contribution < -0.4 is 10.6 Å². The molecule has 0 aliphatic heterocycles. The third-order valence-corrected chi connectivity index (χ3v) is 5.84. The molecule has 3 heterocycles. The standard InChI is InChI=1S/C22H29N7O3/c1-13(12-32-3)27-22-26-11-19-17(15-9-24-20(25-10-15)21(31)23-2)8-18(29(19)28-22)14-4-6-16(30)7-5-14/h8-11,13-14,16,30H,4-7,12H2,1-3H3,(H,23,31)(H,27,28)/t13-,14?,16?/m0/s1. The Labute approximate surface area is 186 Å². The maximum atomic E-state index is 11.8. The number of aromatic nitrogens is 5. The summed E-state index contributed by atoms with van der Waals surface area (Å²) in [6.07, 6.45) is 8.19. The van der Waals surface area contributed by atoms with Crippen LogP contribution in [-0.4, -0.2) is 68.5 Å². The summed E-state index contributed by atoms with van der Waals surface area (Å²) < 4.78 is 7.13. The van der Waals surface area contributed by atoms with Gasteiger partial charge in [0.25, 0.3) is 5.91 Å². The molecule has 1 aliphatic rings. The molecule has 0 aromatic carbocycles. The fourth-order valence-corrected chi connectivity index (χ4v) is 4.18. The minimum absolute atomic E-state index is 0.0615. The van der Waals surface area contributed by atoms with Gasteiger partial charge in [0.05, 0.1) is 24.4 Å². The van der Waals surface area contributed by atoms with Gasteiger partial charge in [0.15, 0.2) is 0 Å². The van der Waals surface area contributed by atoms with Gasteiger partial charge in [-0.05, 0) is 38.7 Å². The lowest BCUT2D eigenvalue weighted by Gasteiger charge is -2.25. The van der Waals surface area contributed by atoms with Gasteiger partial charge < -0.3 is 20.5 Å². The Bertz CT molecular complexity index is 1080. The normalized spacial score (nSPS) is 19.6. The van der Waals surface area contributed by atoms with Crippen LogP contribution in [0.4, 0.5) is 5.95 Å². The zero-order chi connectivity index (χ0) is 22.7. The SMILES string of the molecule is CNC(=O)c1ncc(-c2cc(C3CCC(O)CC3)n3nc(N[C@@H](C)COC)ncc23)cn1. The average molecular weight is 440 g/mol. The van der Waals surface area contributed by atoms with Crippen molar-refractivity contribution in [2.45, 2.75) is 50.7 Å². The van der Waals surface area contributed by atoms with Crippen LogP contribution in [0.2, 0.25) is 0 Å². The Morgan fingerprint density at radius 2 is 1.94 bits per heavy atom. The van der Waals surface area contributed by atoms with Gasteiger partial charge in [0.2, 0.25) is 11.8 Å². The topological polar surface area (TPSA) is 127 Å². The van der Waals surface area contributed by atoms with Gasteiger partial charge in [-0.15, -0.1) is 5.10 Å². The number of methoxy groups -OCH3 is 1. The largest absolute Gasteiger partial charge is 0.393 e. The summed E-state index contributed by atoms with van der Waals surface area (Å²) in [4.78, 5) is 24.7. The van der Waals surface area contributed by atoms with E-state index in [9.17, 15) is 9.90 Å². The number of nitrogens with one attached hydrogen (secondary N) is 2. The minimum atomic E-state index is -0.330. The second kappa shape index (κ2) is 9.58. The second-order valence-corrected chi connectivity index (χ2v) is 8.24. The Morgan fingerprint density at radius 3 is 2.59 bits per heavy atom. The van der Waals surface area contributed by atoms with Crippen LogP contribution in [0.25, 0.3) is 16.6 Å².